The molecule has 0 saturated heterocycles. The number of unbranched alkanes of at least 4 members (excludes halogenated alkanes) is 14. The third-order valence-electron chi connectivity index (χ3n) is 16.1. The van der Waals surface area contributed by atoms with E-state index < -0.39 is 8.32 Å². The number of carbonyl (C=O) groups excluding carboxylic acids is 2. The lowest BCUT2D eigenvalue weighted by molar-refractivity contribution is -0.150. The first-order chi connectivity index (χ1) is 34.6. The minimum absolute atomic E-state index is 0.00985. The summed E-state index contributed by atoms with van der Waals surface area (Å²) in [5.74, 6) is 2.47. The van der Waals surface area contributed by atoms with Gasteiger partial charge in [0.05, 0.1) is 6.61 Å². The molecule has 2 N–H and O–H groups in total. The quantitative estimate of drug-likeness (QED) is 0.0389. The van der Waals surface area contributed by atoms with Crippen LogP contribution in [0.3, 0.4) is 0 Å². The van der Waals surface area contributed by atoms with Crippen LogP contribution in [0.4, 0.5) is 0 Å². The molecule has 0 radical (unpaired) electrons. The molecular weight excluding hydrogens is 911 g/mol. The lowest BCUT2D eigenvalue weighted by atomic mass is 9.88. The van der Waals surface area contributed by atoms with Gasteiger partial charge in [-0.2, -0.15) is 11.8 Å². The van der Waals surface area contributed by atoms with E-state index in [0.717, 1.165) is 86.9 Å². The highest BCUT2D eigenvalue weighted by Crippen LogP contribution is 2.40. The first kappa shape index (κ1) is 63.2. The Labute approximate surface area is 443 Å². The van der Waals surface area contributed by atoms with Gasteiger partial charge in [0, 0.05) is 24.1 Å². The smallest absolute Gasteiger partial charge is 0.306 e. The SMILES string of the molecule is CCCCCCCC(=O)OCCC(CCCCC)CCC(CCC(CCCCC)CCS[C@@H]1CCCC[C@H]1OC(=O)CCCCCCC)NCCCCCC(C)(C)[Si](O)(c1ccccc1)c1ccccc1. The lowest BCUT2D eigenvalue weighted by Gasteiger charge is -2.41. The van der Waals surface area contributed by atoms with Crippen LogP contribution < -0.4 is 15.7 Å². The zero-order valence-corrected chi connectivity index (χ0v) is 48.6. The Morgan fingerprint density at radius 2 is 1.11 bits per heavy atom. The zero-order chi connectivity index (χ0) is 51.3. The van der Waals surface area contributed by atoms with Crippen molar-refractivity contribution in [2.45, 2.75) is 282 Å². The third kappa shape index (κ3) is 26.3. The minimum Gasteiger partial charge on any atom is -0.466 e. The maximum Gasteiger partial charge on any atom is 0.306 e. The summed E-state index contributed by atoms with van der Waals surface area (Å²) in [4.78, 5) is 38.3. The zero-order valence-electron chi connectivity index (χ0n) is 46.8. The molecule has 1 aliphatic carbocycles. The third-order valence-corrected chi connectivity index (χ3v) is 22.1. The molecule has 0 bridgehead atoms. The Kier molecular flexibility index (Phi) is 35.0. The molecule has 0 spiro atoms. The van der Waals surface area contributed by atoms with Crippen LogP contribution in [-0.2, 0) is 19.1 Å². The van der Waals surface area contributed by atoms with Gasteiger partial charge < -0.3 is 19.6 Å². The van der Waals surface area contributed by atoms with Gasteiger partial charge in [-0.25, -0.2) is 0 Å². The Hall–Kier alpha value is -2.13. The minimum atomic E-state index is -3.01. The molecule has 0 aromatic heterocycles. The van der Waals surface area contributed by atoms with Gasteiger partial charge in [0.1, 0.15) is 6.10 Å². The second-order valence-corrected chi connectivity index (χ2v) is 27.8. The molecule has 2 aromatic carbocycles. The maximum absolute atomic E-state index is 12.9. The van der Waals surface area contributed by atoms with E-state index in [1.165, 1.54) is 141 Å². The summed E-state index contributed by atoms with van der Waals surface area (Å²) in [5.41, 5.74) is 0. The largest absolute Gasteiger partial charge is 0.466 e. The Morgan fingerprint density at radius 1 is 0.606 bits per heavy atom. The maximum atomic E-state index is 12.9. The molecule has 3 rings (SSSR count). The fraction of sp³-hybridized carbons (Fsp3) is 0.778. The van der Waals surface area contributed by atoms with Crippen molar-refractivity contribution in [2.24, 2.45) is 11.8 Å². The van der Waals surface area contributed by atoms with Crippen LogP contribution in [0.15, 0.2) is 60.7 Å². The van der Waals surface area contributed by atoms with Crippen molar-refractivity contribution < 1.29 is 23.9 Å². The van der Waals surface area contributed by atoms with Gasteiger partial charge in [-0.3, -0.25) is 9.59 Å². The van der Waals surface area contributed by atoms with Gasteiger partial charge in [-0.05, 0) is 123 Å². The number of esters is 2. The highest BCUT2D eigenvalue weighted by molar-refractivity contribution is 7.99. The van der Waals surface area contributed by atoms with Crippen molar-refractivity contribution in [2.75, 3.05) is 18.9 Å². The molecule has 1 saturated carbocycles. The van der Waals surface area contributed by atoms with E-state index in [0.29, 0.717) is 42.6 Å². The summed E-state index contributed by atoms with van der Waals surface area (Å²) in [6.07, 6.45) is 39.0. The standard InChI is InChI=1S/C63H109NO5SSi/c1-7-11-15-17-28-42-61(65)68-52-48-54(34-22-13-9-3)44-46-56(64-51-33-21-32-50-63(5,6)71(67,57-36-24-19-25-37-57)58-38-26-20-27-39-58)47-45-55(35-23-14-10-4)49-53-70-60-41-31-30-40-59(60)69-62(66)43-29-18-16-12-8-2/h19-20,24-27,36-39,54-56,59-60,64,67H,7-18,21-23,28-35,40-53H2,1-6H3/t54?,55?,56?,59-,60-/m1/s1. The Balaban J connectivity index is 1.64. The van der Waals surface area contributed by atoms with Crippen LogP contribution in [0, 0.1) is 11.8 Å². The van der Waals surface area contributed by atoms with Crippen LogP contribution in [0.25, 0.3) is 0 Å². The summed E-state index contributed by atoms with van der Waals surface area (Å²) in [6.45, 7) is 15.3. The van der Waals surface area contributed by atoms with Crippen LogP contribution in [-0.4, -0.2) is 61.4 Å². The van der Waals surface area contributed by atoms with E-state index in [1.54, 1.807) is 0 Å². The molecule has 1 fully saturated rings. The van der Waals surface area contributed by atoms with Gasteiger partial charge in [0.25, 0.3) is 8.32 Å². The predicted octanol–water partition coefficient (Wildman–Crippen LogP) is 16.6. The van der Waals surface area contributed by atoms with Crippen LogP contribution in [0.5, 0.6) is 0 Å². The van der Waals surface area contributed by atoms with Crippen molar-refractivity contribution in [3.63, 3.8) is 0 Å². The summed E-state index contributed by atoms with van der Waals surface area (Å²) < 4.78 is 12.0. The van der Waals surface area contributed by atoms with Crippen molar-refractivity contribution in [3.8, 4) is 0 Å². The molecule has 406 valence electrons. The van der Waals surface area contributed by atoms with E-state index in [1.807, 2.05) is 0 Å². The molecule has 3 unspecified atom stereocenters. The monoisotopic (exact) mass is 1020 g/mol. The summed E-state index contributed by atoms with van der Waals surface area (Å²) in [6, 6.07) is 21.4. The number of thioether (sulfide) groups is 1. The fourth-order valence-electron chi connectivity index (χ4n) is 11.3. The average molecular weight is 1020 g/mol. The summed E-state index contributed by atoms with van der Waals surface area (Å²) >= 11 is 2.10. The van der Waals surface area contributed by atoms with Crippen molar-refractivity contribution >= 4 is 42.4 Å². The average Bonchev–Trinajstić information content (AvgIpc) is 3.38. The van der Waals surface area contributed by atoms with Gasteiger partial charge in [0.15, 0.2) is 0 Å². The molecule has 71 heavy (non-hydrogen) atoms. The lowest BCUT2D eigenvalue weighted by Crippen LogP contribution is -2.65. The van der Waals surface area contributed by atoms with Gasteiger partial charge in [-0.1, -0.05) is 224 Å². The number of benzene rings is 2. The molecule has 6 nitrogen and oxygen atoms in total. The normalized spacial score (nSPS) is 16.7. The summed E-state index contributed by atoms with van der Waals surface area (Å²) in [5, 5.41) is 6.54. The first-order valence-electron chi connectivity index (χ1n) is 30.1. The van der Waals surface area contributed by atoms with Crippen molar-refractivity contribution in [1.29, 1.82) is 0 Å². The first-order valence-corrected chi connectivity index (χ1v) is 33.1. The molecule has 0 aliphatic heterocycles. The molecule has 2 aromatic rings. The van der Waals surface area contributed by atoms with Crippen molar-refractivity contribution in [1.82, 2.24) is 5.32 Å². The van der Waals surface area contributed by atoms with Gasteiger partial charge >= 0.3 is 11.9 Å². The highest BCUT2D eigenvalue weighted by Gasteiger charge is 2.49. The van der Waals surface area contributed by atoms with Crippen LogP contribution in [0.1, 0.15) is 260 Å². The van der Waals surface area contributed by atoms with E-state index >= 15 is 0 Å². The number of carbonyl (C=O) groups is 2. The van der Waals surface area contributed by atoms with E-state index in [-0.39, 0.29) is 23.1 Å². The van der Waals surface area contributed by atoms with E-state index in [9.17, 15) is 14.4 Å². The van der Waals surface area contributed by atoms with Crippen LogP contribution >= 0.6 is 11.8 Å². The van der Waals surface area contributed by atoms with Gasteiger partial charge in [-0.15, -0.1) is 0 Å². The number of hydrogen-bond acceptors (Lipinski definition) is 7. The number of hydrogen-bond donors (Lipinski definition) is 2. The molecular formula is C63H109NO5SSi. The number of ether oxygens (including phenoxy) is 2. The predicted molar refractivity (Wildman–Crippen MR) is 310 cm³/mol. The second kappa shape index (κ2) is 39.3. The van der Waals surface area contributed by atoms with E-state index in [2.05, 4.69) is 119 Å². The second-order valence-electron chi connectivity index (χ2n) is 22.5. The van der Waals surface area contributed by atoms with Crippen molar-refractivity contribution in [3.05, 3.63) is 60.7 Å². The highest BCUT2D eigenvalue weighted by atomic mass is 32.2. The molecule has 5 atom stereocenters. The van der Waals surface area contributed by atoms with Crippen LogP contribution in [0.2, 0.25) is 5.04 Å². The fourth-order valence-corrected chi connectivity index (χ4v) is 16.6. The van der Waals surface area contributed by atoms with E-state index in [4.69, 9.17) is 9.47 Å². The Bertz CT molecular complexity index is 1550. The Morgan fingerprint density at radius 3 is 1.69 bits per heavy atom. The molecule has 0 amide bonds. The topological polar surface area (TPSA) is 84.9 Å². The number of nitrogens with one attached hydrogen (secondary N) is 1. The molecule has 0 heterocycles. The summed E-state index contributed by atoms with van der Waals surface area (Å²) in [7, 11) is -3.01. The molecule has 8 heteroatoms. The number of rotatable bonds is 44. The van der Waals surface area contributed by atoms with Gasteiger partial charge in [0.2, 0.25) is 0 Å². The molecule has 1 aliphatic rings.